The van der Waals surface area contributed by atoms with E-state index in [9.17, 15) is 9.59 Å². The highest BCUT2D eigenvalue weighted by Gasteiger charge is 2.21. The van der Waals surface area contributed by atoms with Gasteiger partial charge in [-0.15, -0.1) is 12.4 Å². The van der Waals surface area contributed by atoms with E-state index in [-0.39, 0.29) is 30.1 Å². The molecule has 2 amide bonds. The summed E-state index contributed by atoms with van der Waals surface area (Å²) in [5, 5.41) is 5.67. The molecule has 1 saturated carbocycles. The van der Waals surface area contributed by atoms with Gasteiger partial charge in [-0.3, -0.25) is 9.59 Å². The molecule has 0 aromatic heterocycles. The molecule has 1 aliphatic carbocycles. The Bertz CT molecular complexity index is 514. The van der Waals surface area contributed by atoms with Crippen LogP contribution < -0.4 is 16.4 Å². The van der Waals surface area contributed by atoms with Crippen LogP contribution in [0, 0.1) is 5.92 Å². The fourth-order valence-corrected chi connectivity index (χ4v) is 2.85. The average Bonchev–Trinajstić information content (AvgIpc) is 2.82. The Morgan fingerprint density at radius 3 is 2.39 bits per heavy atom. The molecule has 128 valence electrons. The first-order valence-electron chi connectivity index (χ1n) is 8.10. The van der Waals surface area contributed by atoms with Gasteiger partial charge in [-0.1, -0.05) is 37.8 Å². The molecule has 1 aromatic carbocycles. The van der Waals surface area contributed by atoms with Crippen molar-refractivity contribution in [2.75, 3.05) is 18.4 Å². The Morgan fingerprint density at radius 2 is 1.74 bits per heavy atom. The monoisotopic (exact) mass is 339 g/mol. The molecule has 0 unspecified atom stereocenters. The van der Waals surface area contributed by atoms with Crippen LogP contribution in [0.2, 0.25) is 0 Å². The van der Waals surface area contributed by atoms with E-state index in [1.54, 1.807) is 18.2 Å². The van der Waals surface area contributed by atoms with Crippen LogP contribution in [-0.4, -0.2) is 24.9 Å². The SMILES string of the molecule is Cl.NCCNC(=O)c1ccccc1NC(=O)C1CCCCCC1. The van der Waals surface area contributed by atoms with Gasteiger partial charge in [0.25, 0.3) is 5.91 Å². The van der Waals surface area contributed by atoms with Crippen molar-refractivity contribution < 1.29 is 9.59 Å². The molecule has 0 aliphatic heterocycles. The van der Waals surface area contributed by atoms with Crippen molar-refractivity contribution >= 4 is 29.9 Å². The van der Waals surface area contributed by atoms with E-state index in [4.69, 9.17) is 5.73 Å². The molecule has 1 fully saturated rings. The molecule has 23 heavy (non-hydrogen) atoms. The molecule has 0 spiro atoms. The molecule has 6 heteroatoms. The lowest BCUT2D eigenvalue weighted by molar-refractivity contribution is -0.120. The zero-order valence-electron chi connectivity index (χ0n) is 13.3. The summed E-state index contributed by atoms with van der Waals surface area (Å²) in [6.07, 6.45) is 6.51. The van der Waals surface area contributed by atoms with Crippen LogP contribution in [0.25, 0.3) is 0 Å². The summed E-state index contributed by atoms with van der Waals surface area (Å²) in [5.41, 5.74) is 6.46. The number of nitrogens with two attached hydrogens (primary N) is 1. The highest BCUT2D eigenvalue weighted by molar-refractivity contribution is 6.04. The van der Waals surface area contributed by atoms with E-state index >= 15 is 0 Å². The first-order valence-corrected chi connectivity index (χ1v) is 8.10. The smallest absolute Gasteiger partial charge is 0.253 e. The molecule has 2 rings (SSSR count). The molecule has 0 bridgehead atoms. The number of hydrogen-bond donors (Lipinski definition) is 3. The van der Waals surface area contributed by atoms with Gasteiger partial charge in [0.05, 0.1) is 11.3 Å². The number of carbonyl (C=O) groups excluding carboxylic acids is 2. The largest absolute Gasteiger partial charge is 0.351 e. The third kappa shape index (κ3) is 5.84. The molecule has 1 aromatic rings. The van der Waals surface area contributed by atoms with Crippen LogP contribution in [0.15, 0.2) is 24.3 Å². The number of carbonyl (C=O) groups is 2. The van der Waals surface area contributed by atoms with Crippen molar-refractivity contribution in [2.24, 2.45) is 11.7 Å². The van der Waals surface area contributed by atoms with Crippen molar-refractivity contribution in [1.29, 1.82) is 0 Å². The van der Waals surface area contributed by atoms with Gasteiger partial charge in [0, 0.05) is 19.0 Å². The summed E-state index contributed by atoms with van der Waals surface area (Å²) < 4.78 is 0. The van der Waals surface area contributed by atoms with Crippen LogP contribution in [-0.2, 0) is 4.79 Å². The van der Waals surface area contributed by atoms with Crippen molar-refractivity contribution in [3.8, 4) is 0 Å². The van der Waals surface area contributed by atoms with Gasteiger partial charge in [0.1, 0.15) is 0 Å². The van der Waals surface area contributed by atoms with Crippen molar-refractivity contribution in [1.82, 2.24) is 5.32 Å². The van der Waals surface area contributed by atoms with Gasteiger partial charge in [-0.25, -0.2) is 0 Å². The third-order valence-electron chi connectivity index (χ3n) is 4.09. The normalized spacial score (nSPS) is 15.2. The van der Waals surface area contributed by atoms with Crippen LogP contribution >= 0.6 is 12.4 Å². The first kappa shape index (κ1) is 19.5. The van der Waals surface area contributed by atoms with Gasteiger partial charge in [-0.05, 0) is 25.0 Å². The quantitative estimate of drug-likeness (QED) is 0.721. The van der Waals surface area contributed by atoms with E-state index < -0.39 is 0 Å². The fraction of sp³-hybridized carbons (Fsp3) is 0.529. The lowest BCUT2D eigenvalue weighted by Gasteiger charge is -2.16. The summed E-state index contributed by atoms with van der Waals surface area (Å²) in [6.45, 7) is 0.812. The minimum Gasteiger partial charge on any atom is -0.351 e. The Kier molecular flexibility index (Phi) is 8.66. The minimum atomic E-state index is -0.206. The topological polar surface area (TPSA) is 84.2 Å². The third-order valence-corrected chi connectivity index (χ3v) is 4.09. The van der Waals surface area contributed by atoms with Crippen LogP contribution in [0.4, 0.5) is 5.69 Å². The molecular formula is C17H26ClN3O2. The molecule has 1 aliphatic rings. The number of hydrogen-bond acceptors (Lipinski definition) is 3. The Morgan fingerprint density at radius 1 is 1.09 bits per heavy atom. The molecular weight excluding hydrogens is 314 g/mol. The lowest BCUT2D eigenvalue weighted by atomic mass is 9.99. The van der Waals surface area contributed by atoms with E-state index in [0.29, 0.717) is 24.3 Å². The van der Waals surface area contributed by atoms with Gasteiger partial charge in [0.15, 0.2) is 0 Å². The Balaban J connectivity index is 0.00000264. The summed E-state index contributed by atoms with van der Waals surface area (Å²) in [4.78, 5) is 24.6. The Hall–Kier alpha value is -1.59. The highest BCUT2D eigenvalue weighted by atomic mass is 35.5. The second-order valence-corrected chi connectivity index (χ2v) is 5.77. The van der Waals surface area contributed by atoms with Crippen LogP contribution in [0.3, 0.4) is 0 Å². The zero-order valence-corrected chi connectivity index (χ0v) is 14.2. The van der Waals surface area contributed by atoms with Crippen LogP contribution in [0.1, 0.15) is 48.9 Å². The molecule has 0 heterocycles. The molecule has 0 atom stereocenters. The number of rotatable bonds is 5. The van der Waals surface area contributed by atoms with E-state index in [1.807, 2.05) is 6.07 Å². The van der Waals surface area contributed by atoms with Crippen molar-refractivity contribution in [3.63, 3.8) is 0 Å². The number of anilines is 1. The highest BCUT2D eigenvalue weighted by Crippen LogP contribution is 2.25. The van der Waals surface area contributed by atoms with Gasteiger partial charge in [-0.2, -0.15) is 0 Å². The number of benzene rings is 1. The lowest BCUT2D eigenvalue weighted by Crippen LogP contribution is -2.30. The molecule has 4 N–H and O–H groups in total. The second-order valence-electron chi connectivity index (χ2n) is 5.77. The summed E-state index contributed by atoms with van der Waals surface area (Å²) in [7, 11) is 0. The fourth-order valence-electron chi connectivity index (χ4n) is 2.85. The van der Waals surface area contributed by atoms with Gasteiger partial charge < -0.3 is 16.4 Å². The van der Waals surface area contributed by atoms with Crippen molar-refractivity contribution in [2.45, 2.75) is 38.5 Å². The van der Waals surface area contributed by atoms with Crippen molar-refractivity contribution in [3.05, 3.63) is 29.8 Å². The predicted octanol–water partition coefficient (Wildman–Crippen LogP) is 2.71. The minimum absolute atomic E-state index is 0. The summed E-state index contributed by atoms with van der Waals surface area (Å²) >= 11 is 0. The first-order chi connectivity index (χ1) is 10.7. The summed E-state index contributed by atoms with van der Waals surface area (Å²) in [6, 6.07) is 7.10. The van der Waals surface area contributed by atoms with E-state index in [2.05, 4.69) is 10.6 Å². The standard InChI is InChI=1S/C17H25N3O2.ClH/c18-11-12-19-17(22)14-9-5-6-10-15(14)20-16(21)13-7-3-1-2-4-8-13;/h5-6,9-10,13H,1-4,7-8,11-12,18H2,(H,19,22)(H,20,21);1H. The number of amides is 2. The maximum Gasteiger partial charge on any atom is 0.253 e. The number of halogens is 1. The Labute approximate surface area is 143 Å². The van der Waals surface area contributed by atoms with E-state index in [1.165, 1.54) is 12.8 Å². The number of para-hydroxylation sites is 1. The average molecular weight is 340 g/mol. The van der Waals surface area contributed by atoms with Gasteiger partial charge >= 0.3 is 0 Å². The van der Waals surface area contributed by atoms with E-state index in [0.717, 1.165) is 25.7 Å². The van der Waals surface area contributed by atoms with Gasteiger partial charge in [0.2, 0.25) is 5.91 Å². The second kappa shape index (κ2) is 10.2. The zero-order chi connectivity index (χ0) is 15.8. The number of nitrogens with one attached hydrogen (secondary N) is 2. The summed E-state index contributed by atoms with van der Waals surface area (Å²) in [5.74, 6) is -0.120. The molecule has 5 nitrogen and oxygen atoms in total. The predicted molar refractivity (Wildman–Crippen MR) is 94.9 cm³/mol. The molecule has 0 saturated heterocycles. The molecule has 0 radical (unpaired) electrons. The maximum absolute atomic E-state index is 12.4. The maximum atomic E-state index is 12.4. The van der Waals surface area contributed by atoms with Crippen LogP contribution in [0.5, 0.6) is 0 Å².